The van der Waals surface area contributed by atoms with Crippen LogP contribution in [0.1, 0.15) is 11.1 Å². The standard InChI is InChI=1S/C25H21NO4S/c27-24-23(31-25(28)26(24)18-19-8-3-1-4-9-19)17-20-10-7-13-22(16-20)30-15-14-29-21-11-5-2-6-12-21/h1-13,16-17H,14-15,18H2/b23-17+. The second-order valence-corrected chi connectivity index (χ2v) is 7.83. The van der Waals surface area contributed by atoms with E-state index >= 15 is 0 Å². The Labute approximate surface area is 185 Å². The zero-order chi connectivity index (χ0) is 21.5. The second-order valence-electron chi connectivity index (χ2n) is 6.84. The Hall–Kier alpha value is -3.51. The average Bonchev–Trinajstić information content (AvgIpc) is 3.06. The van der Waals surface area contributed by atoms with E-state index in [1.54, 1.807) is 6.08 Å². The summed E-state index contributed by atoms with van der Waals surface area (Å²) in [6.45, 7) is 1.09. The normalized spacial score (nSPS) is 14.8. The van der Waals surface area contributed by atoms with Gasteiger partial charge in [-0.1, -0.05) is 60.7 Å². The van der Waals surface area contributed by atoms with E-state index in [2.05, 4.69) is 0 Å². The third kappa shape index (κ3) is 5.55. The molecule has 6 heteroatoms. The van der Waals surface area contributed by atoms with Gasteiger partial charge in [-0.3, -0.25) is 14.5 Å². The fraction of sp³-hybridized carbons (Fsp3) is 0.120. The maximum atomic E-state index is 12.7. The molecule has 2 amide bonds. The number of ether oxygens (including phenoxy) is 2. The topological polar surface area (TPSA) is 55.8 Å². The molecule has 0 saturated carbocycles. The molecule has 0 aromatic heterocycles. The highest BCUT2D eigenvalue weighted by Crippen LogP contribution is 2.33. The van der Waals surface area contributed by atoms with Crippen LogP contribution in [0.5, 0.6) is 11.5 Å². The van der Waals surface area contributed by atoms with Gasteiger partial charge in [-0.25, -0.2) is 0 Å². The zero-order valence-corrected chi connectivity index (χ0v) is 17.6. The van der Waals surface area contributed by atoms with Gasteiger partial charge in [0.05, 0.1) is 11.4 Å². The highest BCUT2D eigenvalue weighted by molar-refractivity contribution is 8.18. The molecule has 0 N–H and O–H groups in total. The maximum Gasteiger partial charge on any atom is 0.293 e. The quantitative estimate of drug-likeness (QED) is 0.354. The Morgan fingerprint density at radius 1 is 0.774 bits per heavy atom. The average molecular weight is 432 g/mol. The van der Waals surface area contributed by atoms with E-state index in [4.69, 9.17) is 9.47 Å². The first-order valence-electron chi connectivity index (χ1n) is 9.89. The molecule has 1 aliphatic heterocycles. The first-order valence-corrected chi connectivity index (χ1v) is 10.7. The summed E-state index contributed by atoms with van der Waals surface area (Å²) in [6.07, 6.45) is 1.73. The number of carbonyl (C=O) groups excluding carboxylic acids is 2. The Morgan fingerprint density at radius 3 is 2.16 bits per heavy atom. The zero-order valence-electron chi connectivity index (χ0n) is 16.8. The Kier molecular flexibility index (Phi) is 6.69. The minimum Gasteiger partial charge on any atom is -0.490 e. The molecule has 31 heavy (non-hydrogen) atoms. The number of rotatable bonds is 8. The van der Waals surface area contributed by atoms with E-state index < -0.39 is 0 Å². The molecule has 0 bridgehead atoms. The predicted octanol–water partition coefficient (Wildman–Crippen LogP) is 5.38. The number of para-hydroxylation sites is 1. The molecule has 156 valence electrons. The monoisotopic (exact) mass is 431 g/mol. The fourth-order valence-electron chi connectivity index (χ4n) is 3.08. The van der Waals surface area contributed by atoms with Gasteiger partial charge in [-0.15, -0.1) is 0 Å². The lowest BCUT2D eigenvalue weighted by Crippen LogP contribution is -2.27. The molecule has 3 aromatic carbocycles. The molecule has 1 heterocycles. The van der Waals surface area contributed by atoms with Crippen molar-refractivity contribution >= 4 is 29.0 Å². The largest absolute Gasteiger partial charge is 0.490 e. The first-order chi connectivity index (χ1) is 15.2. The molecule has 0 spiro atoms. The van der Waals surface area contributed by atoms with Gasteiger partial charge in [-0.05, 0) is 53.2 Å². The van der Waals surface area contributed by atoms with E-state index in [9.17, 15) is 9.59 Å². The van der Waals surface area contributed by atoms with Gasteiger partial charge in [0.15, 0.2) is 0 Å². The number of thioether (sulfide) groups is 1. The summed E-state index contributed by atoms with van der Waals surface area (Å²) >= 11 is 0.959. The minimum absolute atomic E-state index is 0.259. The van der Waals surface area contributed by atoms with Crippen molar-refractivity contribution in [3.63, 3.8) is 0 Å². The lowest BCUT2D eigenvalue weighted by molar-refractivity contribution is -0.123. The van der Waals surface area contributed by atoms with Crippen LogP contribution in [0.4, 0.5) is 4.79 Å². The summed E-state index contributed by atoms with van der Waals surface area (Å²) in [5.74, 6) is 1.20. The molecule has 1 aliphatic rings. The molecule has 1 saturated heterocycles. The van der Waals surface area contributed by atoms with Crippen LogP contribution in [0.3, 0.4) is 0 Å². The summed E-state index contributed by atoms with van der Waals surface area (Å²) in [6, 6.07) is 26.5. The van der Waals surface area contributed by atoms with Gasteiger partial charge < -0.3 is 9.47 Å². The summed E-state index contributed by atoms with van der Waals surface area (Å²) in [5, 5.41) is -0.259. The van der Waals surface area contributed by atoms with Gasteiger partial charge in [0, 0.05) is 0 Å². The lowest BCUT2D eigenvalue weighted by Gasteiger charge is -2.12. The molecule has 0 atom stereocenters. The van der Waals surface area contributed by atoms with Gasteiger partial charge in [0.2, 0.25) is 0 Å². The number of hydrogen-bond donors (Lipinski definition) is 0. The fourth-order valence-corrected chi connectivity index (χ4v) is 3.92. The van der Waals surface area contributed by atoms with Crippen LogP contribution in [0.25, 0.3) is 6.08 Å². The Balaban J connectivity index is 1.36. The lowest BCUT2D eigenvalue weighted by atomic mass is 10.2. The molecular weight excluding hydrogens is 410 g/mol. The van der Waals surface area contributed by atoms with Crippen LogP contribution >= 0.6 is 11.8 Å². The van der Waals surface area contributed by atoms with E-state index in [0.717, 1.165) is 28.6 Å². The van der Waals surface area contributed by atoms with E-state index in [1.807, 2.05) is 84.9 Å². The van der Waals surface area contributed by atoms with Crippen molar-refractivity contribution in [1.82, 2.24) is 4.90 Å². The number of imide groups is 1. The summed E-state index contributed by atoms with van der Waals surface area (Å²) in [5.41, 5.74) is 1.71. The van der Waals surface area contributed by atoms with Crippen LogP contribution < -0.4 is 9.47 Å². The molecular formula is C25H21NO4S. The van der Waals surface area contributed by atoms with Gasteiger partial charge in [-0.2, -0.15) is 0 Å². The molecule has 5 nitrogen and oxygen atoms in total. The van der Waals surface area contributed by atoms with Crippen molar-refractivity contribution in [2.24, 2.45) is 0 Å². The number of amides is 2. The van der Waals surface area contributed by atoms with Gasteiger partial charge >= 0.3 is 0 Å². The number of benzene rings is 3. The summed E-state index contributed by atoms with van der Waals surface area (Å²) < 4.78 is 11.4. The van der Waals surface area contributed by atoms with Crippen molar-refractivity contribution in [2.75, 3.05) is 13.2 Å². The first kappa shape index (κ1) is 20.8. The smallest absolute Gasteiger partial charge is 0.293 e. The molecule has 0 radical (unpaired) electrons. The van der Waals surface area contributed by atoms with Gasteiger partial charge in [0.1, 0.15) is 24.7 Å². The molecule has 3 aromatic rings. The maximum absolute atomic E-state index is 12.7. The highest BCUT2D eigenvalue weighted by Gasteiger charge is 2.34. The number of carbonyl (C=O) groups is 2. The highest BCUT2D eigenvalue weighted by atomic mass is 32.2. The van der Waals surface area contributed by atoms with Crippen LogP contribution in [-0.4, -0.2) is 29.3 Å². The molecule has 0 aliphatic carbocycles. The minimum atomic E-state index is -0.276. The predicted molar refractivity (Wildman–Crippen MR) is 122 cm³/mol. The third-order valence-corrected chi connectivity index (χ3v) is 5.48. The summed E-state index contributed by atoms with van der Waals surface area (Å²) in [4.78, 5) is 26.7. The van der Waals surface area contributed by atoms with Crippen LogP contribution in [0.2, 0.25) is 0 Å². The SMILES string of the molecule is O=C1S/C(=C/c2cccc(OCCOc3ccccc3)c2)C(=O)N1Cc1ccccc1. The molecule has 1 fully saturated rings. The Morgan fingerprint density at radius 2 is 1.42 bits per heavy atom. The van der Waals surface area contributed by atoms with E-state index in [-0.39, 0.29) is 17.7 Å². The third-order valence-electron chi connectivity index (χ3n) is 4.58. The van der Waals surface area contributed by atoms with E-state index in [0.29, 0.717) is 23.9 Å². The molecule has 0 unspecified atom stereocenters. The van der Waals surface area contributed by atoms with Crippen molar-refractivity contribution < 1.29 is 19.1 Å². The van der Waals surface area contributed by atoms with Crippen molar-refractivity contribution in [2.45, 2.75) is 6.54 Å². The van der Waals surface area contributed by atoms with Crippen LogP contribution in [0, 0.1) is 0 Å². The van der Waals surface area contributed by atoms with Crippen LogP contribution in [0.15, 0.2) is 89.8 Å². The van der Waals surface area contributed by atoms with Crippen molar-refractivity contribution in [3.05, 3.63) is 101 Å². The molecule has 4 rings (SSSR count). The van der Waals surface area contributed by atoms with Gasteiger partial charge in [0.25, 0.3) is 11.1 Å². The second kappa shape index (κ2) is 10.00. The van der Waals surface area contributed by atoms with Crippen molar-refractivity contribution in [3.8, 4) is 11.5 Å². The number of hydrogen-bond acceptors (Lipinski definition) is 5. The van der Waals surface area contributed by atoms with E-state index in [1.165, 1.54) is 4.90 Å². The van der Waals surface area contributed by atoms with Crippen LogP contribution in [-0.2, 0) is 11.3 Å². The van der Waals surface area contributed by atoms with Crippen molar-refractivity contribution in [1.29, 1.82) is 0 Å². The summed E-state index contributed by atoms with van der Waals surface area (Å²) in [7, 11) is 0. The Bertz CT molecular complexity index is 1080. The number of nitrogens with zero attached hydrogens (tertiary/aromatic N) is 1.